The number of nitrogens with two attached hydrogens (primary N) is 1. The Hall–Kier alpha value is -4.26. The average molecular weight is 442 g/mol. The number of hydrogen-bond acceptors (Lipinski definition) is 6. The fraction of sp³-hybridized carbons (Fsp3) is 0.154. The number of fused-ring (bicyclic) bond motifs is 2. The minimum atomic E-state index is -0.835. The zero-order valence-corrected chi connectivity index (χ0v) is 18.0. The molecule has 0 fully saturated rings. The third-order valence-electron chi connectivity index (χ3n) is 5.63. The lowest BCUT2D eigenvalue weighted by Crippen LogP contribution is -2.34. The van der Waals surface area contributed by atoms with Crippen molar-refractivity contribution in [1.82, 2.24) is 4.90 Å². The van der Waals surface area contributed by atoms with Crippen molar-refractivity contribution in [2.45, 2.75) is 13.5 Å². The highest BCUT2D eigenvalue weighted by atomic mass is 16.5. The third-order valence-corrected chi connectivity index (χ3v) is 5.63. The van der Waals surface area contributed by atoms with Gasteiger partial charge in [0.05, 0.1) is 16.8 Å². The predicted octanol–water partition coefficient (Wildman–Crippen LogP) is 3.25. The number of ketones is 2. The molecule has 2 N–H and O–H groups in total. The van der Waals surface area contributed by atoms with Crippen LogP contribution in [0.25, 0.3) is 0 Å². The van der Waals surface area contributed by atoms with E-state index in [2.05, 4.69) is 0 Å². The Balaban J connectivity index is 1.51. The van der Waals surface area contributed by atoms with Crippen LogP contribution in [-0.2, 0) is 16.1 Å². The second kappa shape index (κ2) is 9.08. The van der Waals surface area contributed by atoms with Crippen molar-refractivity contribution in [1.29, 1.82) is 0 Å². The Bertz CT molecular complexity index is 1270. The van der Waals surface area contributed by atoms with Gasteiger partial charge in [0.2, 0.25) is 0 Å². The number of likely N-dealkylation sites (N-methyl/N-ethyl adjacent to an activating group) is 1. The quantitative estimate of drug-likeness (QED) is 0.363. The number of rotatable bonds is 6. The largest absolute Gasteiger partial charge is 0.452 e. The molecular weight excluding hydrogens is 420 g/mol. The molecule has 0 saturated heterocycles. The molecule has 33 heavy (non-hydrogen) atoms. The number of nitrogen functional groups attached to an aromatic ring is 1. The number of amides is 1. The van der Waals surface area contributed by atoms with Gasteiger partial charge in [-0.3, -0.25) is 14.4 Å². The summed E-state index contributed by atoms with van der Waals surface area (Å²) in [5.74, 6) is -1.95. The lowest BCUT2D eigenvalue weighted by Gasteiger charge is -2.22. The smallest absolute Gasteiger partial charge is 0.340 e. The summed E-state index contributed by atoms with van der Waals surface area (Å²) < 4.78 is 5.21. The summed E-state index contributed by atoms with van der Waals surface area (Å²) in [6.07, 6.45) is 0. The van der Waals surface area contributed by atoms with E-state index in [1.165, 1.54) is 12.1 Å². The van der Waals surface area contributed by atoms with Crippen LogP contribution in [0, 0.1) is 0 Å². The molecule has 166 valence electrons. The average Bonchev–Trinajstić information content (AvgIpc) is 2.84. The van der Waals surface area contributed by atoms with E-state index in [1.54, 1.807) is 29.2 Å². The van der Waals surface area contributed by atoms with Crippen LogP contribution in [0.15, 0.2) is 66.7 Å². The van der Waals surface area contributed by atoms with Crippen molar-refractivity contribution in [2.75, 3.05) is 18.9 Å². The first-order chi connectivity index (χ1) is 15.9. The molecule has 0 spiro atoms. The molecule has 0 bridgehead atoms. The zero-order valence-electron chi connectivity index (χ0n) is 18.0. The molecule has 4 rings (SSSR count). The van der Waals surface area contributed by atoms with Crippen molar-refractivity contribution < 1.29 is 23.9 Å². The normalized spacial score (nSPS) is 12.0. The summed E-state index contributed by atoms with van der Waals surface area (Å²) in [7, 11) is 0. The van der Waals surface area contributed by atoms with E-state index in [9.17, 15) is 19.2 Å². The number of carbonyl (C=O) groups is 4. The highest BCUT2D eigenvalue weighted by molar-refractivity contribution is 6.30. The molecular formula is C26H22N2O5. The van der Waals surface area contributed by atoms with Crippen molar-refractivity contribution in [3.05, 3.63) is 100 Å². The monoisotopic (exact) mass is 442 g/mol. The Morgan fingerprint density at radius 3 is 2.15 bits per heavy atom. The van der Waals surface area contributed by atoms with Crippen molar-refractivity contribution in [3.63, 3.8) is 0 Å². The van der Waals surface area contributed by atoms with E-state index in [1.807, 2.05) is 37.3 Å². The number of esters is 1. The van der Waals surface area contributed by atoms with Gasteiger partial charge in [-0.2, -0.15) is 0 Å². The van der Waals surface area contributed by atoms with Crippen LogP contribution >= 0.6 is 0 Å². The number of ether oxygens (including phenoxy) is 1. The van der Waals surface area contributed by atoms with E-state index in [0.29, 0.717) is 18.7 Å². The maximum Gasteiger partial charge on any atom is 0.340 e. The summed E-state index contributed by atoms with van der Waals surface area (Å²) >= 11 is 0. The first-order valence-corrected chi connectivity index (χ1v) is 10.5. The van der Waals surface area contributed by atoms with Gasteiger partial charge in [0.25, 0.3) is 5.91 Å². The molecule has 1 aliphatic carbocycles. The maximum absolute atomic E-state index is 13.0. The van der Waals surface area contributed by atoms with Gasteiger partial charge in [-0.05, 0) is 24.6 Å². The van der Waals surface area contributed by atoms with Gasteiger partial charge in [-0.15, -0.1) is 0 Å². The molecule has 1 amide bonds. The molecule has 7 heteroatoms. The molecule has 0 unspecified atom stereocenters. The second-order valence-corrected chi connectivity index (χ2v) is 7.62. The van der Waals surface area contributed by atoms with E-state index in [-0.39, 0.29) is 39.6 Å². The van der Waals surface area contributed by atoms with Gasteiger partial charge in [0, 0.05) is 29.8 Å². The van der Waals surface area contributed by atoms with E-state index >= 15 is 0 Å². The van der Waals surface area contributed by atoms with Crippen LogP contribution in [0.5, 0.6) is 0 Å². The molecule has 0 saturated carbocycles. The third kappa shape index (κ3) is 4.13. The summed E-state index contributed by atoms with van der Waals surface area (Å²) in [5.41, 5.74) is 7.57. The summed E-state index contributed by atoms with van der Waals surface area (Å²) in [4.78, 5) is 52.6. The zero-order chi connectivity index (χ0) is 23.5. The minimum Gasteiger partial charge on any atom is -0.452 e. The van der Waals surface area contributed by atoms with Gasteiger partial charge in [0.1, 0.15) is 0 Å². The number of hydrogen-bond donors (Lipinski definition) is 1. The minimum absolute atomic E-state index is 0.0151. The van der Waals surface area contributed by atoms with Crippen LogP contribution in [-0.4, -0.2) is 41.5 Å². The van der Waals surface area contributed by atoms with Crippen molar-refractivity contribution in [3.8, 4) is 0 Å². The molecule has 3 aromatic carbocycles. The number of benzene rings is 3. The molecule has 0 radical (unpaired) electrons. The molecule has 7 nitrogen and oxygen atoms in total. The number of anilines is 1. The second-order valence-electron chi connectivity index (χ2n) is 7.62. The summed E-state index contributed by atoms with van der Waals surface area (Å²) in [5, 5.41) is 0. The highest BCUT2D eigenvalue weighted by Crippen LogP contribution is 2.32. The van der Waals surface area contributed by atoms with Crippen LogP contribution in [0.2, 0.25) is 0 Å². The first kappa shape index (κ1) is 22.0. The fourth-order valence-corrected chi connectivity index (χ4v) is 3.87. The van der Waals surface area contributed by atoms with Gasteiger partial charge in [0.15, 0.2) is 18.2 Å². The van der Waals surface area contributed by atoms with Crippen molar-refractivity contribution >= 4 is 29.1 Å². The Morgan fingerprint density at radius 2 is 1.48 bits per heavy atom. The molecule has 0 heterocycles. The molecule has 0 aliphatic heterocycles. The van der Waals surface area contributed by atoms with Gasteiger partial charge in [-0.25, -0.2) is 4.79 Å². The fourth-order valence-electron chi connectivity index (χ4n) is 3.87. The number of nitrogens with zero attached hydrogens (tertiary/aromatic N) is 1. The SMILES string of the molecule is CCN(Cc1ccccc1)C(=O)COC(=O)c1ccc2c(c1N)C(=O)c1ccccc1C2=O. The standard InChI is InChI=1S/C26H22N2O5/c1-2-28(14-16-8-4-3-5-9-16)21(29)15-33-26(32)20-13-12-19-22(23(20)27)25(31)18-11-7-6-10-17(18)24(19)30/h3-13H,2,14-15,27H2,1H3. The first-order valence-electron chi connectivity index (χ1n) is 10.5. The summed E-state index contributed by atoms with van der Waals surface area (Å²) in [6, 6.07) is 18.7. The molecule has 0 aromatic heterocycles. The van der Waals surface area contributed by atoms with Gasteiger partial charge >= 0.3 is 5.97 Å². The van der Waals surface area contributed by atoms with Gasteiger partial charge in [-0.1, -0.05) is 54.6 Å². The molecule has 3 aromatic rings. The van der Waals surface area contributed by atoms with E-state index in [0.717, 1.165) is 5.56 Å². The Labute approximate surface area is 190 Å². The topological polar surface area (TPSA) is 107 Å². The highest BCUT2D eigenvalue weighted by Gasteiger charge is 2.33. The van der Waals surface area contributed by atoms with Crippen LogP contribution < -0.4 is 5.73 Å². The molecule has 1 aliphatic rings. The summed E-state index contributed by atoms with van der Waals surface area (Å²) in [6.45, 7) is 2.21. The van der Waals surface area contributed by atoms with E-state index < -0.39 is 18.4 Å². The van der Waals surface area contributed by atoms with Crippen molar-refractivity contribution in [2.24, 2.45) is 0 Å². The Kier molecular flexibility index (Phi) is 6.04. The van der Waals surface area contributed by atoms with Crippen LogP contribution in [0.1, 0.15) is 54.7 Å². The number of carbonyl (C=O) groups excluding carboxylic acids is 4. The van der Waals surface area contributed by atoms with Crippen LogP contribution in [0.4, 0.5) is 5.69 Å². The maximum atomic E-state index is 13.0. The molecule has 0 atom stereocenters. The Morgan fingerprint density at radius 1 is 0.848 bits per heavy atom. The van der Waals surface area contributed by atoms with Crippen LogP contribution in [0.3, 0.4) is 0 Å². The predicted molar refractivity (Wildman–Crippen MR) is 122 cm³/mol. The lowest BCUT2D eigenvalue weighted by atomic mass is 9.82. The van der Waals surface area contributed by atoms with Gasteiger partial charge < -0.3 is 15.4 Å². The van der Waals surface area contributed by atoms with E-state index in [4.69, 9.17) is 10.5 Å². The lowest BCUT2D eigenvalue weighted by molar-refractivity contribution is -0.134.